The fourth-order valence-electron chi connectivity index (χ4n) is 4.61. The molecule has 2 rings (SSSR count). The van der Waals surface area contributed by atoms with Crippen LogP contribution in [0.3, 0.4) is 0 Å². The van der Waals surface area contributed by atoms with Gasteiger partial charge in [0.1, 0.15) is 23.0 Å². The van der Waals surface area contributed by atoms with Crippen LogP contribution in [0.5, 0.6) is 23.0 Å². The summed E-state index contributed by atoms with van der Waals surface area (Å²) in [5.41, 5.74) is 1.34. The molecule has 2 N–H and O–H groups in total. The van der Waals surface area contributed by atoms with Crippen LogP contribution in [0.1, 0.15) is 104 Å². The molecule has 0 amide bonds. The quantitative estimate of drug-likeness (QED) is 0.252. The fraction of sp³-hybridized carbons (Fsp3) is 0.600. The van der Waals surface area contributed by atoms with Crippen molar-refractivity contribution in [2.24, 2.45) is 0 Å². The zero-order chi connectivity index (χ0) is 26.2. The highest BCUT2D eigenvalue weighted by molar-refractivity contribution is 7.99. The van der Waals surface area contributed by atoms with Crippen LogP contribution >= 0.6 is 11.8 Å². The molecule has 35 heavy (non-hydrogen) atoms. The summed E-state index contributed by atoms with van der Waals surface area (Å²) in [6.45, 7) is 13.1. The van der Waals surface area contributed by atoms with E-state index in [1.807, 2.05) is 24.3 Å². The standard InChI is InChI=1S/C30H46O4S/c1-9-11-13-15-29(3,4)23-17-21(33-7)19-25(27(23)31)35-26-20-22(34-8)18-24(28(26)32)30(5,6)16-14-12-10-2/h17-20,31-32H,9-16H2,1-8H3. The summed E-state index contributed by atoms with van der Waals surface area (Å²) < 4.78 is 11.2. The average Bonchev–Trinajstić information content (AvgIpc) is 2.81. The van der Waals surface area contributed by atoms with Crippen molar-refractivity contribution in [3.63, 3.8) is 0 Å². The Kier molecular flexibility index (Phi) is 10.7. The first-order valence-corrected chi connectivity index (χ1v) is 13.8. The van der Waals surface area contributed by atoms with Crippen LogP contribution in [0.25, 0.3) is 0 Å². The zero-order valence-electron chi connectivity index (χ0n) is 23.1. The molecule has 0 aliphatic rings. The van der Waals surface area contributed by atoms with Crippen molar-refractivity contribution >= 4 is 11.8 Å². The van der Waals surface area contributed by atoms with Gasteiger partial charge in [-0.05, 0) is 47.9 Å². The summed E-state index contributed by atoms with van der Waals surface area (Å²) in [6.07, 6.45) is 8.83. The van der Waals surface area contributed by atoms with Gasteiger partial charge in [0.25, 0.3) is 0 Å². The fourth-order valence-corrected chi connectivity index (χ4v) is 5.61. The molecule has 0 unspecified atom stereocenters. The zero-order valence-corrected chi connectivity index (χ0v) is 23.9. The van der Waals surface area contributed by atoms with Crippen LogP contribution in [0.2, 0.25) is 0 Å². The van der Waals surface area contributed by atoms with Gasteiger partial charge >= 0.3 is 0 Å². The highest BCUT2D eigenvalue weighted by Gasteiger charge is 2.29. The lowest BCUT2D eigenvalue weighted by Crippen LogP contribution is -2.18. The molecule has 0 radical (unpaired) electrons. The SMILES string of the molecule is CCCCCC(C)(C)c1cc(OC)cc(Sc2cc(OC)cc(C(C)(C)CCCCC)c2O)c1O. The molecule has 2 aromatic carbocycles. The van der Waals surface area contributed by atoms with Gasteiger partial charge in [0, 0.05) is 11.1 Å². The van der Waals surface area contributed by atoms with Gasteiger partial charge in [0.05, 0.1) is 24.0 Å². The number of methoxy groups -OCH3 is 2. The largest absolute Gasteiger partial charge is 0.506 e. The number of hydrogen-bond acceptors (Lipinski definition) is 5. The molecule has 0 spiro atoms. The Morgan fingerprint density at radius 1 is 0.657 bits per heavy atom. The minimum atomic E-state index is -0.202. The summed E-state index contributed by atoms with van der Waals surface area (Å²) in [5.74, 6) is 1.91. The monoisotopic (exact) mass is 502 g/mol. The third kappa shape index (κ3) is 7.49. The first-order chi connectivity index (χ1) is 16.5. The van der Waals surface area contributed by atoms with Gasteiger partial charge in [-0.3, -0.25) is 0 Å². The van der Waals surface area contributed by atoms with Crippen LogP contribution in [0.4, 0.5) is 0 Å². The molecule has 0 saturated carbocycles. The van der Waals surface area contributed by atoms with Crippen molar-refractivity contribution in [3.8, 4) is 23.0 Å². The summed E-state index contributed by atoms with van der Waals surface area (Å²) in [7, 11) is 3.29. The number of ether oxygens (including phenoxy) is 2. The second-order valence-corrected chi connectivity index (χ2v) is 11.9. The van der Waals surface area contributed by atoms with Gasteiger partial charge < -0.3 is 19.7 Å². The van der Waals surface area contributed by atoms with E-state index in [9.17, 15) is 10.2 Å². The Morgan fingerprint density at radius 2 is 1.03 bits per heavy atom. The lowest BCUT2D eigenvalue weighted by atomic mass is 9.79. The van der Waals surface area contributed by atoms with Crippen molar-refractivity contribution in [3.05, 3.63) is 35.4 Å². The molecule has 196 valence electrons. The highest BCUT2D eigenvalue weighted by atomic mass is 32.2. The molecular weight excluding hydrogens is 456 g/mol. The number of aromatic hydroxyl groups is 2. The lowest BCUT2D eigenvalue weighted by Gasteiger charge is -2.29. The van der Waals surface area contributed by atoms with Gasteiger partial charge in [0.15, 0.2) is 0 Å². The third-order valence-electron chi connectivity index (χ3n) is 7.06. The van der Waals surface area contributed by atoms with E-state index in [0.29, 0.717) is 21.3 Å². The van der Waals surface area contributed by atoms with E-state index >= 15 is 0 Å². The molecule has 0 bridgehead atoms. The summed E-state index contributed by atoms with van der Waals surface area (Å²) in [5, 5.41) is 22.7. The minimum absolute atomic E-state index is 0.202. The van der Waals surface area contributed by atoms with E-state index in [0.717, 1.165) is 49.7 Å². The topological polar surface area (TPSA) is 58.9 Å². The van der Waals surface area contributed by atoms with E-state index in [1.54, 1.807) is 14.2 Å². The van der Waals surface area contributed by atoms with Crippen LogP contribution in [-0.2, 0) is 10.8 Å². The maximum absolute atomic E-state index is 11.4. The molecule has 0 aromatic heterocycles. The van der Waals surface area contributed by atoms with Gasteiger partial charge in [-0.15, -0.1) is 0 Å². The van der Waals surface area contributed by atoms with Crippen molar-refractivity contribution < 1.29 is 19.7 Å². The van der Waals surface area contributed by atoms with Crippen molar-refractivity contribution in [1.29, 1.82) is 0 Å². The first-order valence-electron chi connectivity index (χ1n) is 13.0. The maximum Gasteiger partial charge on any atom is 0.133 e. The minimum Gasteiger partial charge on any atom is -0.506 e. The van der Waals surface area contributed by atoms with E-state index in [2.05, 4.69) is 41.5 Å². The molecule has 0 atom stereocenters. The molecule has 0 aliphatic heterocycles. The molecule has 2 aromatic rings. The van der Waals surface area contributed by atoms with Gasteiger partial charge in [0.2, 0.25) is 0 Å². The summed E-state index contributed by atoms with van der Waals surface area (Å²) in [4.78, 5) is 1.34. The second kappa shape index (κ2) is 12.8. The first kappa shape index (κ1) is 29.2. The number of hydrogen-bond donors (Lipinski definition) is 2. The maximum atomic E-state index is 11.4. The number of phenolic OH excluding ortho intramolecular Hbond substituents is 2. The lowest BCUT2D eigenvalue weighted by molar-refractivity contribution is 0.383. The van der Waals surface area contributed by atoms with E-state index in [1.165, 1.54) is 24.6 Å². The molecule has 5 heteroatoms. The second-order valence-electron chi connectivity index (χ2n) is 10.8. The number of benzene rings is 2. The van der Waals surface area contributed by atoms with Crippen LogP contribution in [0, 0.1) is 0 Å². The van der Waals surface area contributed by atoms with Crippen LogP contribution in [-0.4, -0.2) is 24.4 Å². The van der Waals surface area contributed by atoms with Crippen molar-refractivity contribution in [2.45, 2.75) is 114 Å². The Hall–Kier alpha value is -2.01. The van der Waals surface area contributed by atoms with E-state index < -0.39 is 0 Å². The predicted octanol–water partition coefficient (Wildman–Crippen LogP) is 8.98. The Labute approximate surface area is 217 Å². The molecule has 4 nitrogen and oxygen atoms in total. The predicted molar refractivity (Wildman–Crippen MR) is 148 cm³/mol. The normalized spacial score (nSPS) is 12.1. The van der Waals surface area contributed by atoms with Crippen molar-refractivity contribution in [2.75, 3.05) is 14.2 Å². The molecule has 0 heterocycles. The molecule has 0 saturated heterocycles. The Morgan fingerprint density at radius 3 is 1.34 bits per heavy atom. The Balaban J connectivity index is 2.52. The van der Waals surface area contributed by atoms with Crippen LogP contribution in [0.15, 0.2) is 34.1 Å². The summed E-state index contributed by atoms with van der Waals surface area (Å²) >= 11 is 1.36. The Bertz CT molecular complexity index is 888. The number of rotatable bonds is 14. The highest BCUT2D eigenvalue weighted by Crippen LogP contribution is 2.49. The number of phenols is 2. The van der Waals surface area contributed by atoms with Crippen LogP contribution < -0.4 is 9.47 Å². The number of unbranched alkanes of at least 4 members (excludes halogenated alkanes) is 4. The van der Waals surface area contributed by atoms with Crippen molar-refractivity contribution in [1.82, 2.24) is 0 Å². The summed E-state index contributed by atoms with van der Waals surface area (Å²) in [6, 6.07) is 7.57. The molecule has 0 fully saturated rings. The smallest absolute Gasteiger partial charge is 0.133 e. The van der Waals surface area contributed by atoms with E-state index in [4.69, 9.17) is 9.47 Å². The molecular formula is C30H46O4S. The van der Waals surface area contributed by atoms with Gasteiger partial charge in [-0.2, -0.15) is 0 Å². The van der Waals surface area contributed by atoms with Gasteiger partial charge in [-0.1, -0.05) is 91.8 Å². The van der Waals surface area contributed by atoms with E-state index in [-0.39, 0.29) is 22.3 Å². The average molecular weight is 503 g/mol. The van der Waals surface area contributed by atoms with Gasteiger partial charge in [-0.25, -0.2) is 0 Å². The third-order valence-corrected chi connectivity index (χ3v) is 8.12. The molecule has 0 aliphatic carbocycles.